The first-order valence-corrected chi connectivity index (χ1v) is 7.86. The Balaban J connectivity index is 2.94. The molecule has 1 rings (SSSR count). The van der Waals surface area contributed by atoms with Gasteiger partial charge in [0.1, 0.15) is 16.0 Å². The summed E-state index contributed by atoms with van der Waals surface area (Å²) in [6, 6.07) is 3.21. The molecular formula is C16H23BrN2O4. The fourth-order valence-electron chi connectivity index (χ4n) is 1.96. The summed E-state index contributed by atoms with van der Waals surface area (Å²) in [4.78, 5) is 25.8. The van der Waals surface area contributed by atoms with Gasteiger partial charge in [-0.05, 0) is 48.8 Å². The Hall–Kier alpha value is -1.76. The van der Waals surface area contributed by atoms with E-state index in [1.54, 1.807) is 19.2 Å². The number of ether oxygens (including phenoxy) is 2. The first kappa shape index (κ1) is 19.3. The van der Waals surface area contributed by atoms with Gasteiger partial charge in [-0.15, -0.1) is 0 Å². The van der Waals surface area contributed by atoms with Crippen molar-refractivity contribution in [2.45, 2.75) is 26.3 Å². The second-order valence-corrected chi connectivity index (χ2v) is 6.95. The van der Waals surface area contributed by atoms with E-state index < -0.39 is 0 Å². The molecule has 0 spiro atoms. The number of likely N-dealkylation sites (N-methyl/N-ethyl adjacent to an activating group) is 1. The van der Waals surface area contributed by atoms with Gasteiger partial charge in [0.25, 0.3) is 5.91 Å². The number of methoxy groups -OCH3 is 2. The number of hydrogen-bond acceptors (Lipinski definition) is 4. The van der Waals surface area contributed by atoms with Crippen LogP contribution < -0.4 is 14.8 Å². The van der Waals surface area contributed by atoms with E-state index in [1.807, 2.05) is 20.8 Å². The van der Waals surface area contributed by atoms with Crippen molar-refractivity contribution in [2.24, 2.45) is 0 Å². The lowest BCUT2D eigenvalue weighted by Gasteiger charge is -2.23. The highest BCUT2D eigenvalue weighted by molar-refractivity contribution is 9.10. The summed E-state index contributed by atoms with van der Waals surface area (Å²) in [5.41, 5.74) is 0.0401. The van der Waals surface area contributed by atoms with Gasteiger partial charge in [-0.25, -0.2) is 0 Å². The highest BCUT2D eigenvalue weighted by Crippen LogP contribution is 2.35. The highest BCUT2D eigenvalue weighted by Gasteiger charge is 2.21. The van der Waals surface area contributed by atoms with E-state index in [-0.39, 0.29) is 23.9 Å². The molecule has 1 N–H and O–H groups in total. The van der Waals surface area contributed by atoms with Crippen LogP contribution in [-0.4, -0.2) is 50.1 Å². The molecule has 128 valence electrons. The van der Waals surface area contributed by atoms with E-state index >= 15 is 0 Å². The molecule has 0 saturated carbocycles. The molecule has 1 aromatic rings. The second kappa shape index (κ2) is 7.68. The largest absolute Gasteiger partial charge is 0.495 e. The van der Waals surface area contributed by atoms with Gasteiger partial charge in [0.2, 0.25) is 5.91 Å². The van der Waals surface area contributed by atoms with Gasteiger partial charge in [-0.2, -0.15) is 0 Å². The smallest absolute Gasteiger partial charge is 0.254 e. The Bertz CT molecular complexity index is 571. The lowest BCUT2D eigenvalue weighted by atomic mass is 10.1. The Morgan fingerprint density at radius 3 is 2.04 bits per heavy atom. The standard InChI is InChI=1S/C16H23BrN2O4/c1-16(2,3)18-13(20)9-19(4)15(21)10-7-11(22-5)14(17)12(8-10)23-6/h7-8H,9H2,1-6H3,(H,18,20). The fraction of sp³-hybridized carbons (Fsp3) is 0.500. The Morgan fingerprint density at radius 1 is 1.17 bits per heavy atom. The molecule has 1 aromatic carbocycles. The molecule has 23 heavy (non-hydrogen) atoms. The third-order valence-electron chi connectivity index (χ3n) is 2.93. The maximum absolute atomic E-state index is 12.5. The molecule has 0 fully saturated rings. The zero-order valence-electron chi connectivity index (χ0n) is 14.3. The van der Waals surface area contributed by atoms with Crippen molar-refractivity contribution >= 4 is 27.7 Å². The topological polar surface area (TPSA) is 67.9 Å². The van der Waals surface area contributed by atoms with E-state index in [0.29, 0.717) is 21.5 Å². The molecule has 0 bridgehead atoms. The van der Waals surface area contributed by atoms with Crippen LogP contribution >= 0.6 is 15.9 Å². The molecule has 0 aromatic heterocycles. The summed E-state index contributed by atoms with van der Waals surface area (Å²) in [5, 5.41) is 2.82. The maximum Gasteiger partial charge on any atom is 0.254 e. The van der Waals surface area contributed by atoms with Gasteiger partial charge < -0.3 is 19.7 Å². The normalized spacial score (nSPS) is 10.9. The van der Waals surface area contributed by atoms with Crippen LogP contribution in [0.25, 0.3) is 0 Å². The number of benzene rings is 1. The lowest BCUT2D eigenvalue weighted by molar-refractivity contribution is -0.122. The van der Waals surface area contributed by atoms with Gasteiger partial charge in [-0.1, -0.05) is 0 Å². The molecule has 0 aliphatic rings. The van der Waals surface area contributed by atoms with Crippen LogP contribution in [0.5, 0.6) is 11.5 Å². The van der Waals surface area contributed by atoms with Crippen molar-refractivity contribution < 1.29 is 19.1 Å². The maximum atomic E-state index is 12.5. The quantitative estimate of drug-likeness (QED) is 0.843. The van der Waals surface area contributed by atoms with Crippen molar-refractivity contribution in [3.8, 4) is 11.5 Å². The number of rotatable bonds is 5. The van der Waals surface area contributed by atoms with Crippen LogP contribution in [-0.2, 0) is 4.79 Å². The summed E-state index contributed by atoms with van der Waals surface area (Å²) in [6.07, 6.45) is 0. The average molecular weight is 387 g/mol. The number of amides is 2. The van der Waals surface area contributed by atoms with Crippen molar-refractivity contribution in [2.75, 3.05) is 27.8 Å². The average Bonchev–Trinajstić information content (AvgIpc) is 2.44. The van der Waals surface area contributed by atoms with Gasteiger partial charge in [0.05, 0.1) is 20.8 Å². The van der Waals surface area contributed by atoms with Gasteiger partial charge in [-0.3, -0.25) is 9.59 Å². The van der Waals surface area contributed by atoms with Gasteiger partial charge in [0.15, 0.2) is 0 Å². The molecule has 0 heterocycles. The Morgan fingerprint density at radius 2 is 1.65 bits per heavy atom. The van der Waals surface area contributed by atoms with Crippen LogP contribution in [0.2, 0.25) is 0 Å². The number of carbonyl (C=O) groups is 2. The number of nitrogens with zero attached hydrogens (tertiary/aromatic N) is 1. The van der Waals surface area contributed by atoms with E-state index in [4.69, 9.17) is 9.47 Å². The summed E-state index contributed by atoms with van der Waals surface area (Å²) >= 11 is 3.36. The van der Waals surface area contributed by atoms with E-state index in [9.17, 15) is 9.59 Å². The molecule has 0 aliphatic heterocycles. The summed E-state index contributed by atoms with van der Waals surface area (Å²) in [6.45, 7) is 5.63. The number of hydrogen-bond donors (Lipinski definition) is 1. The van der Waals surface area contributed by atoms with E-state index in [0.717, 1.165) is 0 Å². The zero-order valence-corrected chi connectivity index (χ0v) is 15.9. The summed E-state index contributed by atoms with van der Waals surface area (Å²) in [7, 11) is 4.59. The van der Waals surface area contributed by atoms with Crippen molar-refractivity contribution in [3.05, 3.63) is 22.2 Å². The monoisotopic (exact) mass is 386 g/mol. The number of carbonyl (C=O) groups excluding carboxylic acids is 2. The summed E-state index contributed by atoms with van der Waals surface area (Å²) in [5.74, 6) is 0.461. The van der Waals surface area contributed by atoms with Crippen molar-refractivity contribution in [1.29, 1.82) is 0 Å². The van der Waals surface area contributed by atoms with Crippen LogP contribution in [0.3, 0.4) is 0 Å². The third-order valence-corrected chi connectivity index (χ3v) is 3.72. The minimum Gasteiger partial charge on any atom is -0.495 e. The molecule has 0 aliphatic carbocycles. The minimum atomic E-state index is -0.342. The molecule has 2 amide bonds. The third kappa shape index (κ3) is 5.42. The highest BCUT2D eigenvalue weighted by atomic mass is 79.9. The van der Waals surface area contributed by atoms with E-state index in [1.165, 1.54) is 19.1 Å². The minimum absolute atomic E-state index is 0.0310. The molecule has 0 atom stereocenters. The van der Waals surface area contributed by atoms with Gasteiger partial charge >= 0.3 is 0 Å². The summed E-state index contributed by atoms with van der Waals surface area (Å²) < 4.78 is 11.1. The van der Waals surface area contributed by atoms with Gasteiger partial charge in [0, 0.05) is 18.2 Å². The van der Waals surface area contributed by atoms with Crippen molar-refractivity contribution in [3.63, 3.8) is 0 Å². The lowest BCUT2D eigenvalue weighted by Crippen LogP contribution is -2.46. The van der Waals surface area contributed by atoms with E-state index in [2.05, 4.69) is 21.2 Å². The first-order chi connectivity index (χ1) is 10.6. The molecule has 0 unspecified atom stereocenters. The van der Waals surface area contributed by atoms with Crippen LogP contribution in [0.15, 0.2) is 16.6 Å². The molecule has 0 saturated heterocycles. The number of halogens is 1. The van der Waals surface area contributed by atoms with Crippen LogP contribution in [0.1, 0.15) is 31.1 Å². The molecule has 0 radical (unpaired) electrons. The second-order valence-electron chi connectivity index (χ2n) is 6.15. The van der Waals surface area contributed by atoms with Crippen molar-refractivity contribution in [1.82, 2.24) is 10.2 Å². The number of nitrogens with one attached hydrogen (secondary N) is 1. The van der Waals surface area contributed by atoms with Crippen LogP contribution in [0, 0.1) is 0 Å². The molecule has 7 heteroatoms. The molecular weight excluding hydrogens is 364 g/mol. The zero-order chi connectivity index (χ0) is 17.8. The Labute approximate surface area is 145 Å². The Kier molecular flexibility index (Phi) is 6.44. The SMILES string of the molecule is COc1cc(C(=O)N(C)CC(=O)NC(C)(C)C)cc(OC)c1Br. The first-order valence-electron chi connectivity index (χ1n) is 7.07. The predicted octanol–water partition coefficient (Wildman–Crippen LogP) is 2.45. The molecule has 6 nitrogen and oxygen atoms in total. The predicted molar refractivity (Wildman–Crippen MR) is 92.1 cm³/mol. The van der Waals surface area contributed by atoms with Crippen LogP contribution in [0.4, 0.5) is 0 Å². The fourth-order valence-corrected chi connectivity index (χ4v) is 2.51.